The van der Waals surface area contributed by atoms with Crippen molar-refractivity contribution in [1.29, 1.82) is 0 Å². The van der Waals surface area contributed by atoms with Gasteiger partial charge in [-0.15, -0.1) is 0 Å². The van der Waals surface area contributed by atoms with Gasteiger partial charge in [0, 0.05) is 12.1 Å². The van der Waals surface area contributed by atoms with Gasteiger partial charge in [0.25, 0.3) is 0 Å². The van der Waals surface area contributed by atoms with Gasteiger partial charge in [0.05, 0.1) is 12.7 Å². The molecule has 1 heterocycles. The van der Waals surface area contributed by atoms with Crippen molar-refractivity contribution in [3.63, 3.8) is 0 Å². The second kappa shape index (κ2) is 3.05. The van der Waals surface area contributed by atoms with E-state index in [1.165, 1.54) is 19.3 Å². The topological polar surface area (TPSA) is 38.1 Å². The molecule has 60 valence electrons. The third-order valence-corrected chi connectivity index (χ3v) is 2.16. The van der Waals surface area contributed by atoms with Crippen molar-refractivity contribution in [1.82, 2.24) is 10.5 Å². The van der Waals surface area contributed by atoms with E-state index in [1.54, 1.807) is 6.20 Å². The molecule has 2 rings (SSSR count). The summed E-state index contributed by atoms with van der Waals surface area (Å²) in [4.78, 5) is 0. The first-order valence-electron chi connectivity index (χ1n) is 4.08. The molecule has 1 N–H and O–H groups in total. The van der Waals surface area contributed by atoms with Gasteiger partial charge >= 0.3 is 0 Å². The summed E-state index contributed by atoms with van der Waals surface area (Å²) in [7, 11) is 0. The van der Waals surface area contributed by atoms with Crippen LogP contribution in [0.1, 0.15) is 25.0 Å². The van der Waals surface area contributed by atoms with Gasteiger partial charge in [-0.1, -0.05) is 11.6 Å². The van der Waals surface area contributed by atoms with Crippen LogP contribution in [-0.2, 0) is 6.54 Å². The normalized spacial score (nSPS) is 18.2. The SMILES string of the molecule is c1cc(CNC2CCC2)on1. The highest BCUT2D eigenvalue weighted by molar-refractivity contribution is 4.93. The summed E-state index contributed by atoms with van der Waals surface area (Å²) in [6.45, 7) is 0.824. The highest BCUT2D eigenvalue weighted by Crippen LogP contribution is 2.18. The fraction of sp³-hybridized carbons (Fsp3) is 0.625. The summed E-state index contributed by atoms with van der Waals surface area (Å²) >= 11 is 0. The van der Waals surface area contributed by atoms with E-state index in [1.807, 2.05) is 6.07 Å². The Morgan fingerprint density at radius 2 is 2.55 bits per heavy atom. The zero-order chi connectivity index (χ0) is 7.52. The molecule has 1 aromatic heterocycles. The molecule has 1 aromatic rings. The molecule has 0 atom stereocenters. The predicted molar refractivity (Wildman–Crippen MR) is 41.0 cm³/mol. The quantitative estimate of drug-likeness (QED) is 0.709. The van der Waals surface area contributed by atoms with Gasteiger partial charge in [-0.25, -0.2) is 0 Å². The lowest BCUT2D eigenvalue weighted by molar-refractivity contribution is 0.309. The minimum atomic E-state index is 0.722. The van der Waals surface area contributed by atoms with Crippen molar-refractivity contribution < 1.29 is 4.52 Å². The number of rotatable bonds is 3. The highest BCUT2D eigenvalue weighted by Gasteiger charge is 2.16. The molecule has 0 bridgehead atoms. The Labute approximate surface area is 65.8 Å². The second-order valence-corrected chi connectivity index (χ2v) is 2.99. The molecule has 0 saturated heterocycles. The first kappa shape index (κ1) is 6.85. The maximum absolute atomic E-state index is 4.94. The van der Waals surface area contributed by atoms with Crippen LogP contribution >= 0.6 is 0 Å². The fourth-order valence-electron chi connectivity index (χ4n) is 1.19. The zero-order valence-corrected chi connectivity index (χ0v) is 6.42. The lowest BCUT2D eigenvalue weighted by Crippen LogP contribution is -2.34. The zero-order valence-electron chi connectivity index (χ0n) is 6.42. The van der Waals surface area contributed by atoms with E-state index < -0.39 is 0 Å². The van der Waals surface area contributed by atoms with Gasteiger partial charge < -0.3 is 9.84 Å². The maximum atomic E-state index is 4.94. The first-order valence-corrected chi connectivity index (χ1v) is 4.08. The minimum absolute atomic E-state index is 0.722. The van der Waals surface area contributed by atoms with E-state index >= 15 is 0 Å². The average molecular weight is 152 g/mol. The van der Waals surface area contributed by atoms with Crippen LogP contribution in [0, 0.1) is 0 Å². The number of nitrogens with one attached hydrogen (secondary N) is 1. The molecular weight excluding hydrogens is 140 g/mol. The van der Waals surface area contributed by atoms with Gasteiger partial charge in [-0.05, 0) is 12.8 Å². The summed E-state index contributed by atoms with van der Waals surface area (Å²) in [5, 5.41) is 7.02. The number of nitrogens with zero attached hydrogens (tertiary/aromatic N) is 1. The standard InChI is InChI=1S/C8H12N2O/c1-2-7(3-1)9-6-8-4-5-10-11-8/h4-5,7,9H,1-3,6H2. The first-order chi connectivity index (χ1) is 5.45. The Hall–Kier alpha value is -0.830. The number of hydrogen-bond donors (Lipinski definition) is 1. The molecule has 0 unspecified atom stereocenters. The largest absolute Gasteiger partial charge is 0.360 e. The Morgan fingerprint density at radius 3 is 3.09 bits per heavy atom. The molecule has 1 saturated carbocycles. The van der Waals surface area contributed by atoms with E-state index in [4.69, 9.17) is 4.52 Å². The lowest BCUT2D eigenvalue weighted by Gasteiger charge is -2.25. The molecule has 1 aliphatic carbocycles. The molecule has 3 nitrogen and oxygen atoms in total. The Bertz CT molecular complexity index is 204. The molecule has 11 heavy (non-hydrogen) atoms. The molecule has 0 radical (unpaired) electrons. The average Bonchev–Trinajstić information content (AvgIpc) is 2.36. The molecule has 0 amide bonds. The summed E-state index contributed by atoms with van der Waals surface area (Å²) in [5.74, 6) is 0.928. The van der Waals surface area contributed by atoms with E-state index in [2.05, 4.69) is 10.5 Å². The smallest absolute Gasteiger partial charge is 0.150 e. The summed E-state index contributed by atoms with van der Waals surface area (Å²) < 4.78 is 4.94. The van der Waals surface area contributed by atoms with Crippen molar-refractivity contribution in [3.05, 3.63) is 18.0 Å². The number of hydrogen-bond acceptors (Lipinski definition) is 3. The van der Waals surface area contributed by atoms with E-state index in [-0.39, 0.29) is 0 Å². The molecule has 1 aliphatic rings. The van der Waals surface area contributed by atoms with E-state index in [0.29, 0.717) is 0 Å². The summed E-state index contributed by atoms with van der Waals surface area (Å²) in [6.07, 6.45) is 5.67. The van der Waals surface area contributed by atoms with Crippen LogP contribution in [0.5, 0.6) is 0 Å². The maximum Gasteiger partial charge on any atom is 0.150 e. The van der Waals surface area contributed by atoms with E-state index in [9.17, 15) is 0 Å². The van der Waals surface area contributed by atoms with Crippen LogP contribution in [0.3, 0.4) is 0 Å². The Morgan fingerprint density at radius 1 is 1.64 bits per heavy atom. The second-order valence-electron chi connectivity index (χ2n) is 2.99. The van der Waals surface area contributed by atoms with Crippen LogP contribution < -0.4 is 5.32 Å². The molecular formula is C8H12N2O. The number of aromatic nitrogens is 1. The monoisotopic (exact) mass is 152 g/mol. The van der Waals surface area contributed by atoms with Gasteiger partial charge in [-0.2, -0.15) is 0 Å². The van der Waals surface area contributed by atoms with Crippen molar-refractivity contribution in [2.75, 3.05) is 0 Å². The van der Waals surface area contributed by atoms with Crippen LogP contribution in [-0.4, -0.2) is 11.2 Å². The minimum Gasteiger partial charge on any atom is -0.360 e. The third kappa shape index (κ3) is 1.60. The third-order valence-electron chi connectivity index (χ3n) is 2.16. The van der Waals surface area contributed by atoms with E-state index in [0.717, 1.165) is 18.3 Å². The molecule has 3 heteroatoms. The lowest BCUT2D eigenvalue weighted by atomic mass is 9.93. The van der Waals surface area contributed by atoms with Crippen LogP contribution in [0.15, 0.2) is 16.8 Å². The van der Waals surface area contributed by atoms with Crippen LogP contribution in [0.2, 0.25) is 0 Å². The van der Waals surface area contributed by atoms with Crippen molar-refractivity contribution in [2.24, 2.45) is 0 Å². The van der Waals surface area contributed by atoms with Crippen molar-refractivity contribution >= 4 is 0 Å². The highest BCUT2D eigenvalue weighted by atomic mass is 16.5. The summed E-state index contributed by atoms with van der Waals surface area (Å²) in [6, 6.07) is 2.62. The Kier molecular flexibility index (Phi) is 1.90. The predicted octanol–water partition coefficient (Wildman–Crippen LogP) is 1.32. The molecule has 0 aromatic carbocycles. The van der Waals surface area contributed by atoms with Gasteiger partial charge in [0.15, 0.2) is 0 Å². The molecule has 0 aliphatic heterocycles. The van der Waals surface area contributed by atoms with Gasteiger partial charge in [-0.3, -0.25) is 0 Å². The molecule has 1 fully saturated rings. The van der Waals surface area contributed by atoms with Crippen molar-refractivity contribution in [2.45, 2.75) is 31.8 Å². The van der Waals surface area contributed by atoms with Gasteiger partial charge in [0.2, 0.25) is 0 Å². The fourth-order valence-corrected chi connectivity index (χ4v) is 1.19. The Balaban J connectivity index is 1.74. The van der Waals surface area contributed by atoms with Crippen molar-refractivity contribution in [3.8, 4) is 0 Å². The van der Waals surface area contributed by atoms with Crippen LogP contribution in [0.4, 0.5) is 0 Å². The molecule has 0 spiro atoms. The van der Waals surface area contributed by atoms with Gasteiger partial charge in [0.1, 0.15) is 5.76 Å². The summed E-state index contributed by atoms with van der Waals surface area (Å²) in [5.41, 5.74) is 0. The van der Waals surface area contributed by atoms with Crippen LogP contribution in [0.25, 0.3) is 0 Å².